The van der Waals surface area contributed by atoms with Gasteiger partial charge in [-0.3, -0.25) is 14.8 Å². The van der Waals surface area contributed by atoms with Gasteiger partial charge in [0.1, 0.15) is 16.0 Å². The highest BCUT2D eigenvalue weighted by atomic mass is 32.2. The van der Waals surface area contributed by atoms with Crippen molar-refractivity contribution >= 4 is 48.3 Å². The molecule has 5 rings (SSSR count). The van der Waals surface area contributed by atoms with E-state index in [1.165, 1.54) is 42.7 Å². The first-order chi connectivity index (χ1) is 18.3. The van der Waals surface area contributed by atoms with Crippen LogP contribution in [0.5, 0.6) is 5.88 Å². The summed E-state index contributed by atoms with van der Waals surface area (Å²) in [4.78, 5) is 28.2. The summed E-state index contributed by atoms with van der Waals surface area (Å²) in [5, 5.41) is 10.8. The van der Waals surface area contributed by atoms with Gasteiger partial charge in [-0.1, -0.05) is 28.6 Å². The predicted molar refractivity (Wildman–Crippen MR) is 140 cm³/mol. The van der Waals surface area contributed by atoms with E-state index in [1.807, 2.05) is 0 Å². The third-order valence-corrected chi connectivity index (χ3v) is 8.85. The number of hydrogen-bond acceptors (Lipinski definition) is 11. The Bertz CT molecular complexity index is 1590. The third-order valence-electron chi connectivity index (χ3n) is 5.79. The lowest BCUT2D eigenvalue weighted by molar-refractivity contribution is -0.110. The minimum absolute atomic E-state index is 0.0383. The van der Waals surface area contributed by atoms with Crippen LogP contribution in [0.4, 0.5) is 5.13 Å². The molecule has 0 radical (unpaired) electrons. The number of aryl methyl sites for hydroxylation is 1. The number of fused-ring (bicyclic) bond motifs is 1. The number of benzene rings is 1. The van der Waals surface area contributed by atoms with E-state index in [9.17, 15) is 13.2 Å². The second-order valence-corrected chi connectivity index (χ2v) is 11.6. The summed E-state index contributed by atoms with van der Waals surface area (Å²) in [6.45, 7) is 0.626. The lowest BCUT2D eigenvalue weighted by Gasteiger charge is -2.11. The number of hydrogen-bond donors (Lipinski definition) is 1. The van der Waals surface area contributed by atoms with Crippen molar-refractivity contribution in [2.45, 2.75) is 23.2 Å². The molecule has 198 valence electrons. The van der Waals surface area contributed by atoms with Gasteiger partial charge in [0.2, 0.25) is 5.88 Å². The fraction of sp³-hybridized carbons (Fsp3) is 0.292. The Kier molecular flexibility index (Phi) is 7.35. The summed E-state index contributed by atoms with van der Waals surface area (Å²) in [6, 6.07) is 11.2. The number of anilines is 1. The zero-order chi connectivity index (χ0) is 26.7. The van der Waals surface area contributed by atoms with Crippen LogP contribution in [0.15, 0.2) is 58.7 Å². The van der Waals surface area contributed by atoms with E-state index < -0.39 is 21.0 Å². The van der Waals surface area contributed by atoms with Crippen molar-refractivity contribution in [3.05, 3.63) is 59.9 Å². The number of aromatic nitrogens is 4. The molecule has 1 aliphatic heterocycles. The Balaban J connectivity index is 1.40. The number of nitrogens with zero attached hydrogens (tertiary/aromatic N) is 5. The monoisotopic (exact) mass is 556 g/mol. The number of methoxy groups -OCH3 is 1. The number of rotatable bonds is 9. The smallest absolute Gasteiger partial charge is 0.280 e. The SMILES string of the molecule is COc1ccc2nc(NC(=O)/C(=N/OCc3ccn(C)n3)c3ccc(S(=O)(=O)[C@H]4CCOC4)cc3)sc2n1. The maximum absolute atomic E-state index is 13.3. The fourth-order valence-electron chi connectivity index (χ4n) is 3.80. The molecule has 1 aromatic carbocycles. The number of ether oxygens (including phenoxy) is 2. The average molecular weight is 557 g/mol. The molecule has 1 aliphatic rings. The van der Waals surface area contributed by atoms with E-state index >= 15 is 0 Å². The highest BCUT2D eigenvalue weighted by molar-refractivity contribution is 7.92. The van der Waals surface area contributed by atoms with Gasteiger partial charge in [0.15, 0.2) is 27.3 Å². The van der Waals surface area contributed by atoms with Gasteiger partial charge in [-0.15, -0.1) is 0 Å². The van der Waals surface area contributed by atoms with Crippen LogP contribution in [0.25, 0.3) is 10.3 Å². The van der Waals surface area contributed by atoms with Crippen LogP contribution in [-0.2, 0) is 37.9 Å². The largest absolute Gasteiger partial charge is 0.481 e. The zero-order valence-electron chi connectivity index (χ0n) is 20.5. The molecule has 38 heavy (non-hydrogen) atoms. The summed E-state index contributed by atoms with van der Waals surface area (Å²) in [6.07, 6.45) is 2.21. The second-order valence-electron chi connectivity index (χ2n) is 8.40. The van der Waals surface area contributed by atoms with Crippen molar-refractivity contribution in [1.29, 1.82) is 0 Å². The molecule has 1 amide bonds. The van der Waals surface area contributed by atoms with Crippen molar-refractivity contribution in [3.63, 3.8) is 0 Å². The highest BCUT2D eigenvalue weighted by Crippen LogP contribution is 2.27. The summed E-state index contributed by atoms with van der Waals surface area (Å²) in [5.74, 6) is -0.153. The van der Waals surface area contributed by atoms with E-state index in [4.69, 9.17) is 14.3 Å². The molecule has 0 aliphatic carbocycles. The van der Waals surface area contributed by atoms with Gasteiger partial charge in [-0.2, -0.15) is 5.10 Å². The van der Waals surface area contributed by atoms with E-state index in [0.29, 0.717) is 45.6 Å². The molecule has 0 spiro atoms. The Morgan fingerprint density at radius 3 is 2.71 bits per heavy atom. The minimum Gasteiger partial charge on any atom is -0.481 e. The van der Waals surface area contributed by atoms with E-state index in [-0.39, 0.29) is 23.8 Å². The summed E-state index contributed by atoms with van der Waals surface area (Å²) < 4.78 is 37.8. The van der Waals surface area contributed by atoms with Crippen LogP contribution in [0.1, 0.15) is 17.7 Å². The van der Waals surface area contributed by atoms with Crippen molar-refractivity contribution < 1.29 is 27.5 Å². The predicted octanol–water partition coefficient (Wildman–Crippen LogP) is 2.56. The molecule has 4 aromatic rings. The molecule has 0 saturated carbocycles. The van der Waals surface area contributed by atoms with Gasteiger partial charge in [-0.25, -0.2) is 18.4 Å². The Labute approximate surface area is 222 Å². The van der Waals surface area contributed by atoms with Crippen LogP contribution in [0, 0.1) is 0 Å². The number of thiazole rings is 1. The van der Waals surface area contributed by atoms with Gasteiger partial charge >= 0.3 is 0 Å². The van der Waals surface area contributed by atoms with E-state index in [2.05, 4.69) is 25.5 Å². The van der Waals surface area contributed by atoms with Crippen molar-refractivity contribution in [2.24, 2.45) is 12.2 Å². The van der Waals surface area contributed by atoms with Gasteiger partial charge in [0.25, 0.3) is 5.91 Å². The molecule has 12 nitrogen and oxygen atoms in total. The highest BCUT2D eigenvalue weighted by Gasteiger charge is 2.31. The molecule has 1 fully saturated rings. The van der Waals surface area contributed by atoms with Crippen molar-refractivity contribution in [1.82, 2.24) is 19.7 Å². The molecule has 0 unspecified atom stereocenters. The van der Waals surface area contributed by atoms with Gasteiger partial charge in [0, 0.05) is 31.5 Å². The van der Waals surface area contributed by atoms with E-state index in [0.717, 1.165) is 0 Å². The van der Waals surface area contributed by atoms with Crippen molar-refractivity contribution in [2.75, 3.05) is 25.6 Å². The maximum atomic E-state index is 13.3. The molecule has 0 bridgehead atoms. The number of pyridine rings is 1. The third kappa shape index (κ3) is 5.51. The quantitative estimate of drug-likeness (QED) is 0.243. The molecular formula is C24H24N6O6S2. The summed E-state index contributed by atoms with van der Waals surface area (Å²) in [7, 11) is -0.257. The topological polar surface area (TPSA) is 147 Å². The number of sulfone groups is 1. The lowest BCUT2D eigenvalue weighted by atomic mass is 10.1. The molecule has 1 saturated heterocycles. The lowest BCUT2D eigenvalue weighted by Crippen LogP contribution is -2.25. The first kappa shape index (κ1) is 25.8. The first-order valence-electron chi connectivity index (χ1n) is 11.6. The van der Waals surface area contributed by atoms with Crippen LogP contribution in [0.3, 0.4) is 0 Å². The molecule has 3 aromatic heterocycles. The van der Waals surface area contributed by atoms with Crippen LogP contribution >= 0.6 is 11.3 Å². The molecule has 4 heterocycles. The second kappa shape index (κ2) is 10.8. The average Bonchev–Trinajstić information content (AvgIpc) is 3.67. The molecule has 1 N–H and O–H groups in total. The molecule has 14 heteroatoms. The minimum atomic E-state index is -3.55. The number of amides is 1. The van der Waals surface area contributed by atoms with Crippen LogP contribution < -0.4 is 10.1 Å². The first-order valence-corrected chi connectivity index (χ1v) is 13.9. The fourth-order valence-corrected chi connectivity index (χ4v) is 6.21. The van der Waals surface area contributed by atoms with E-state index in [1.54, 1.807) is 36.1 Å². The van der Waals surface area contributed by atoms with Crippen LogP contribution in [0.2, 0.25) is 0 Å². The van der Waals surface area contributed by atoms with Crippen LogP contribution in [-0.4, -0.2) is 65.4 Å². The number of carbonyl (C=O) groups excluding carboxylic acids is 1. The Morgan fingerprint density at radius 2 is 2.03 bits per heavy atom. The van der Waals surface area contributed by atoms with Gasteiger partial charge in [-0.05, 0) is 30.7 Å². The number of nitrogens with one attached hydrogen (secondary N) is 1. The molecular weight excluding hydrogens is 532 g/mol. The summed E-state index contributed by atoms with van der Waals surface area (Å²) in [5.41, 5.74) is 1.54. The zero-order valence-corrected chi connectivity index (χ0v) is 22.2. The van der Waals surface area contributed by atoms with Gasteiger partial charge in [0.05, 0.1) is 23.9 Å². The maximum Gasteiger partial charge on any atom is 0.280 e. The molecule has 1 atom stereocenters. The Hall–Kier alpha value is -3.88. The Morgan fingerprint density at radius 1 is 1.21 bits per heavy atom. The van der Waals surface area contributed by atoms with Gasteiger partial charge < -0.3 is 14.3 Å². The summed E-state index contributed by atoms with van der Waals surface area (Å²) >= 11 is 1.18. The number of carbonyl (C=O) groups is 1. The normalized spacial score (nSPS) is 16.1. The standard InChI is InChI=1S/C24H24N6O6S2/c1-30-11-9-16(28-30)13-36-29-21(15-3-5-17(6-4-15)38(32,33)18-10-12-35-14-18)22(31)27-24-25-19-7-8-20(34-2)26-23(19)37-24/h3-9,11,18H,10,12-14H2,1-2H3,(H,25,27,31)/b29-21+/t18-/m0/s1. The van der Waals surface area contributed by atoms with Crippen molar-refractivity contribution in [3.8, 4) is 5.88 Å². The number of oxime groups is 1.